The molecule has 0 saturated heterocycles. The summed E-state index contributed by atoms with van der Waals surface area (Å²) in [5.74, 6) is -0.0228. The zero-order valence-electron chi connectivity index (χ0n) is 62.4. The van der Waals surface area contributed by atoms with Gasteiger partial charge in [0.1, 0.15) is 0 Å². The molecule has 0 aromatic heterocycles. The zero-order chi connectivity index (χ0) is 76.9. The number of hydrogen-bond donors (Lipinski definition) is 0. The molecule has 544 valence electrons. The van der Waals surface area contributed by atoms with Crippen LogP contribution in [0.15, 0.2) is 510 Å². The third-order valence-corrected chi connectivity index (χ3v) is 37.6. The number of benzene rings is 16. The molecule has 0 radical (unpaired) electrons. The monoisotopic (exact) mass is 1690 g/mol. The topological polar surface area (TPSA) is 34.1 Å². The van der Waals surface area contributed by atoms with Gasteiger partial charge in [0.2, 0.25) is 0 Å². The van der Waals surface area contributed by atoms with Crippen LogP contribution in [-0.2, 0) is 9.59 Å². The summed E-state index contributed by atoms with van der Waals surface area (Å²) in [5.41, 5.74) is 4.11. The molecule has 0 bridgehead atoms. The van der Waals surface area contributed by atoms with Gasteiger partial charge in [-0.3, -0.25) is 9.59 Å². The first-order chi connectivity index (χ1) is 55.5. The van der Waals surface area contributed by atoms with Gasteiger partial charge in [0.15, 0.2) is 11.6 Å². The fourth-order valence-corrected chi connectivity index (χ4v) is 31.1. The van der Waals surface area contributed by atoms with Crippen molar-refractivity contribution < 1.29 is 9.59 Å². The molecule has 112 heavy (non-hydrogen) atoms. The van der Waals surface area contributed by atoms with Gasteiger partial charge in [-0.15, -0.1) is 0 Å². The molecule has 0 aliphatic rings. The Hall–Kier alpha value is -11.9. The summed E-state index contributed by atoms with van der Waals surface area (Å²) in [5, 5.41) is 0. The average Bonchev–Trinajstić information content (AvgIpc) is 0.839. The molecule has 0 fully saturated rings. The molecule has 16 rings (SSSR count). The van der Waals surface area contributed by atoms with Gasteiger partial charge in [0.25, 0.3) is 0 Å². The van der Waals surface area contributed by atoms with Crippen molar-refractivity contribution in [3.8, 4) is 0 Å². The van der Waals surface area contributed by atoms with Gasteiger partial charge in [0, 0.05) is 0 Å². The fourth-order valence-electron chi connectivity index (χ4n) is 11.8. The second-order valence-electron chi connectivity index (χ2n) is 25.1. The van der Waals surface area contributed by atoms with E-state index in [0.717, 1.165) is 22.3 Å². The van der Waals surface area contributed by atoms with E-state index in [9.17, 15) is 9.59 Å². The molecule has 6 heteroatoms. The van der Waals surface area contributed by atoms with Crippen LogP contribution < -0.4 is 52.2 Å². The summed E-state index contributed by atoms with van der Waals surface area (Å²) in [6.45, 7) is 0. The number of rotatable bonds is 20. The molecule has 0 amide bonds. The molecule has 0 spiro atoms. The number of hydrogen-bond acceptors (Lipinski definition) is 2. The Morgan fingerprint density at radius 3 is 0.321 bits per heavy atom. The van der Waals surface area contributed by atoms with Crippen LogP contribution in [0.2, 0.25) is 0 Å². The van der Waals surface area contributed by atoms with Gasteiger partial charge in [-0.05, 0) is 46.6 Å². The van der Waals surface area contributed by atoms with E-state index in [4.69, 9.17) is 0 Å². The number of carbonyl (C=O) groups is 2. The van der Waals surface area contributed by atoms with E-state index < -0.39 is 58.6 Å². The van der Waals surface area contributed by atoms with Gasteiger partial charge < -0.3 is 0 Å². The first kappa shape index (κ1) is 81.1. The van der Waals surface area contributed by atoms with Crippen LogP contribution in [0, 0.1) is 0 Å². The summed E-state index contributed by atoms with van der Waals surface area (Å²) >= 11 is -5.56. The normalized spacial score (nSPS) is 10.8. The molecule has 0 unspecified atom stereocenters. The van der Waals surface area contributed by atoms with Crippen molar-refractivity contribution in [1.29, 1.82) is 0 Å². The average molecular weight is 1690 g/mol. The molecule has 0 N–H and O–H groups in total. The number of allylic oxidation sites excluding steroid dienone is 4. The van der Waals surface area contributed by atoms with Crippen LogP contribution in [0.4, 0.5) is 0 Å². The molecule has 0 saturated carbocycles. The van der Waals surface area contributed by atoms with E-state index >= 15 is 0 Å². The first-order valence-electron chi connectivity index (χ1n) is 37.3. The summed E-state index contributed by atoms with van der Waals surface area (Å²) in [7, 11) is 0. The Morgan fingerprint density at radius 1 is 0.134 bits per heavy atom. The Labute approximate surface area is 682 Å². The van der Waals surface area contributed by atoms with Crippen molar-refractivity contribution in [2.24, 2.45) is 0 Å². The Morgan fingerprint density at radius 2 is 0.223 bits per heavy atom. The molecule has 0 atom stereocenters. The Kier molecular flexibility index (Phi) is 34.2. The first-order valence-corrected chi connectivity index (χ1v) is 48.6. The van der Waals surface area contributed by atoms with Crippen molar-refractivity contribution >= 4 is 147 Å². The molecular formula is C106H88As4O2. The number of carbonyl (C=O) groups excluding carboxylic acids is 2. The molecule has 16 aromatic rings. The Bertz CT molecular complexity index is 4300. The summed E-state index contributed by atoms with van der Waals surface area (Å²) in [4.78, 5) is 23.2. The SMILES string of the molecule is O=C(/C=C/c1ccccc1)/C=C/c1ccccc1.O=C(/C=C/c1ccccc1)/C=C/c1ccccc1.c1ccc([As](c2ccccc2)c2ccccc2)cc1.c1ccc([As](c2ccccc2)c2ccccc2)cc1.c1ccc([As](c2ccccc2)c2ccccc2)cc1.c1ccc([As](c2ccccc2)c2ccccc2)cc1. The Balaban J connectivity index is 0.000000133. The van der Waals surface area contributed by atoms with Gasteiger partial charge in [-0.1, -0.05) is 146 Å². The molecule has 0 aliphatic heterocycles. The van der Waals surface area contributed by atoms with Crippen LogP contribution in [0.25, 0.3) is 24.3 Å². The van der Waals surface area contributed by atoms with Gasteiger partial charge in [-0.2, -0.15) is 0 Å². The third-order valence-electron chi connectivity index (χ3n) is 17.1. The quantitative estimate of drug-likeness (QED) is 0.0563. The van der Waals surface area contributed by atoms with Crippen LogP contribution in [-0.4, -0.2) is 70.2 Å². The summed E-state index contributed by atoms with van der Waals surface area (Å²) in [6.07, 6.45) is 13.6. The van der Waals surface area contributed by atoms with Crippen molar-refractivity contribution in [1.82, 2.24) is 0 Å². The van der Waals surface area contributed by atoms with Crippen molar-refractivity contribution in [2.75, 3.05) is 0 Å². The second-order valence-corrected chi connectivity index (χ2v) is 43.8. The summed E-state index contributed by atoms with van der Waals surface area (Å²) < 4.78 is 17.7. The maximum atomic E-state index is 11.6. The minimum atomic E-state index is -1.39. The van der Waals surface area contributed by atoms with Gasteiger partial charge in [-0.25, -0.2) is 0 Å². The van der Waals surface area contributed by atoms with Crippen molar-refractivity contribution in [3.63, 3.8) is 0 Å². The molecule has 16 aromatic carbocycles. The predicted molar refractivity (Wildman–Crippen MR) is 488 cm³/mol. The van der Waals surface area contributed by atoms with Crippen molar-refractivity contribution in [3.05, 3.63) is 532 Å². The molecule has 0 heterocycles. The van der Waals surface area contributed by atoms with E-state index in [1.54, 1.807) is 24.3 Å². The molecule has 0 aliphatic carbocycles. The fraction of sp³-hybridized carbons (Fsp3) is 0. The maximum absolute atomic E-state index is 11.6. The van der Waals surface area contributed by atoms with Crippen LogP contribution in [0.5, 0.6) is 0 Å². The molecular weight excluding hydrogens is 1600 g/mol. The van der Waals surface area contributed by atoms with E-state index in [1.165, 1.54) is 52.2 Å². The standard InChI is InChI=1S/4C18H15As.2C17H14O/c4*1-4-10-16(11-5-1)19(17-12-6-2-7-13-17)18-14-8-3-9-15-18;2*18-17(13-11-15-7-3-1-4-8-15)14-12-16-9-5-2-6-10-16/h4*1-15H;2*1-14H/b;;;;2*13-11+,14-12+. The second kappa shape index (κ2) is 47.2. The van der Waals surface area contributed by atoms with E-state index in [1.807, 2.05) is 146 Å². The van der Waals surface area contributed by atoms with Gasteiger partial charge in [0.05, 0.1) is 0 Å². The van der Waals surface area contributed by atoms with E-state index in [0.29, 0.717) is 0 Å². The molecule has 2 nitrogen and oxygen atoms in total. The van der Waals surface area contributed by atoms with Crippen LogP contribution >= 0.6 is 0 Å². The van der Waals surface area contributed by atoms with Crippen molar-refractivity contribution in [2.45, 2.75) is 0 Å². The third kappa shape index (κ3) is 27.3. The van der Waals surface area contributed by atoms with Gasteiger partial charge >= 0.3 is 475 Å². The summed E-state index contributed by atoms with van der Waals surface area (Å²) in [6, 6.07) is 170. The zero-order valence-corrected chi connectivity index (χ0v) is 69.9. The van der Waals surface area contributed by atoms with Crippen LogP contribution in [0.3, 0.4) is 0 Å². The van der Waals surface area contributed by atoms with E-state index in [-0.39, 0.29) is 11.6 Å². The minimum absolute atomic E-state index is 0.0114. The number of ketones is 2. The van der Waals surface area contributed by atoms with E-state index in [2.05, 4.69) is 364 Å². The predicted octanol–water partition coefficient (Wildman–Crippen LogP) is 16.8. The van der Waals surface area contributed by atoms with Crippen LogP contribution in [0.1, 0.15) is 22.3 Å².